The quantitative estimate of drug-likeness (QED) is 0.481. The number of ether oxygens (including phenoxy) is 1. The van der Waals surface area contributed by atoms with Gasteiger partial charge in [0, 0.05) is 13.1 Å². The summed E-state index contributed by atoms with van der Waals surface area (Å²) in [6.07, 6.45) is 1.84. The van der Waals surface area contributed by atoms with Crippen LogP contribution in [-0.4, -0.2) is 47.4 Å². The molecule has 0 fully saturated rings. The zero-order chi connectivity index (χ0) is 18.0. The Balaban J connectivity index is 1.93. The van der Waals surface area contributed by atoms with Crippen LogP contribution in [0.15, 0.2) is 53.5 Å². The Morgan fingerprint density at radius 1 is 1.08 bits per heavy atom. The predicted octanol–water partition coefficient (Wildman–Crippen LogP) is 3.19. The van der Waals surface area contributed by atoms with Gasteiger partial charge in [-0.25, -0.2) is 4.99 Å². The first-order chi connectivity index (χ1) is 12.1. The van der Waals surface area contributed by atoms with E-state index in [4.69, 9.17) is 4.74 Å². The van der Waals surface area contributed by atoms with E-state index < -0.39 is 0 Å². The summed E-state index contributed by atoms with van der Waals surface area (Å²) in [5.41, 5.74) is 1.48. The molecule has 25 heavy (non-hydrogen) atoms. The van der Waals surface area contributed by atoms with Crippen molar-refractivity contribution in [2.75, 3.05) is 20.4 Å². The normalized spacial score (nSPS) is 13.9. The molecule has 0 atom stereocenters. The number of hydrogen-bond acceptors (Lipinski definition) is 5. The Labute approximate surface area is 150 Å². The van der Waals surface area contributed by atoms with Crippen molar-refractivity contribution in [1.29, 1.82) is 0 Å². The number of imide groups is 1. The van der Waals surface area contributed by atoms with Crippen molar-refractivity contribution in [2.45, 2.75) is 0 Å². The van der Waals surface area contributed by atoms with Gasteiger partial charge in [-0.2, -0.15) is 5.01 Å². The van der Waals surface area contributed by atoms with E-state index in [2.05, 4.69) is 4.99 Å². The summed E-state index contributed by atoms with van der Waals surface area (Å²) in [7, 11) is 3.24. The molecule has 3 rings (SSSR count). The SMILES string of the molecule is COc1cccc(N=C(SC)N(C)N2C(=O)c3ccccc3C2=O)c1. The molecule has 2 aromatic rings. The van der Waals surface area contributed by atoms with Crippen LogP contribution in [0.1, 0.15) is 20.7 Å². The number of nitrogens with zero attached hydrogens (tertiary/aromatic N) is 3. The summed E-state index contributed by atoms with van der Waals surface area (Å²) >= 11 is 1.34. The number of hydrogen-bond donors (Lipinski definition) is 0. The maximum absolute atomic E-state index is 12.6. The van der Waals surface area contributed by atoms with Gasteiger partial charge in [0.25, 0.3) is 11.8 Å². The molecule has 1 heterocycles. The van der Waals surface area contributed by atoms with Crippen molar-refractivity contribution in [3.63, 3.8) is 0 Å². The molecule has 2 aromatic carbocycles. The lowest BCUT2D eigenvalue weighted by Crippen LogP contribution is -2.46. The zero-order valence-electron chi connectivity index (χ0n) is 14.1. The van der Waals surface area contributed by atoms with E-state index in [1.165, 1.54) is 16.8 Å². The summed E-state index contributed by atoms with van der Waals surface area (Å²) in [6, 6.07) is 14.1. The molecule has 0 bridgehead atoms. The number of methoxy groups -OCH3 is 1. The van der Waals surface area contributed by atoms with Gasteiger partial charge in [-0.05, 0) is 30.5 Å². The second-order valence-electron chi connectivity index (χ2n) is 5.29. The van der Waals surface area contributed by atoms with Crippen LogP contribution in [0.2, 0.25) is 0 Å². The highest BCUT2D eigenvalue weighted by molar-refractivity contribution is 8.13. The van der Waals surface area contributed by atoms with E-state index in [0.29, 0.717) is 27.7 Å². The smallest absolute Gasteiger partial charge is 0.280 e. The van der Waals surface area contributed by atoms with Gasteiger partial charge in [-0.3, -0.25) is 14.6 Å². The number of benzene rings is 2. The highest BCUT2D eigenvalue weighted by Crippen LogP contribution is 2.26. The molecule has 0 unspecified atom stereocenters. The molecule has 128 valence electrons. The van der Waals surface area contributed by atoms with E-state index >= 15 is 0 Å². The molecule has 0 aliphatic carbocycles. The Hall–Kier alpha value is -2.80. The van der Waals surface area contributed by atoms with Crippen molar-refractivity contribution in [3.05, 3.63) is 59.7 Å². The Morgan fingerprint density at radius 3 is 2.28 bits per heavy atom. The van der Waals surface area contributed by atoms with Gasteiger partial charge in [-0.1, -0.05) is 30.0 Å². The number of carbonyl (C=O) groups excluding carboxylic acids is 2. The number of hydrazine groups is 1. The molecule has 0 saturated carbocycles. The average Bonchev–Trinajstić information content (AvgIpc) is 2.90. The molecule has 0 N–H and O–H groups in total. The van der Waals surface area contributed by atoms with Gasteiger partial charge in [0.15, 0.2) is 5.17 Å². The monoisotopic (exact) mass is 355 g/mol. The first kappa shape index (κ1) is 17.0. The molecule has 6 nitrogen and oxygen atoms in total. The molecular weight excluding hydrogens is 338 g/mol. The number of carbonyl (C=O) groups is 2. The minimum atomic E-state index is -0.351. The number of amidine groups is 1. The van der Waals surface area contributed by atoms with E-state index in [9.17, 15) is 9.59 Å². The molecular formula is C18H17N3O3S. The molecule has 0 spiro atoms. The Kier molecular flexibility index (Phi) is 4.76. The summed E-state index contributed by atoms with van der Waals surface area (Å²) in [5, 5.41) is 3.11. The fourth-order valence-electron chi connectivity index (χ4n) is 2.58. The van der Waals surface area contributed by atoms with Crippen LogP contribution >= 0.6 is 11.8 Å². The van der Waals surface area contributed by atoms with Crippen LogP contribution in [0.3, 0.4) is 0 Å². The Bertz CT molecular complexity index is 831. The minimum absolute atomic E-state index is 0.351. The average molecular weight is 355 g/mol. The van der Waals surface area contributed by atoms with Crippen LogP contribution < -0.4 is 4.74 Å². The molecule has 0 saturated heterocycles. The van der Waals surface area contributed by atoms with Crippen LogP contribution in [0.4, 0.5) is 5.69 Å². The third-order valence-electron chi connectivity index (χ3n) is 3.81. The second kappa shape index (κ2) is 6.98. The van der Waals surface area contributed by atoms with Crippen molar-refractivity contribution in [1.82, 2.24) is 10.0 Å². The predicted molar refractivity (Wildman–Crippen MR) is 98.3 cm³/mol. The van der Waals surface area contributed by atoms with Crippen LogP contribution in [-0.2, 0) is 0 Å². The van der Waals surface area contributed by atoms with E-state index in [0.717, 1.165) is 5.01 Å². The van der Waals surface area contributed by atoms with Gasteiger partial charge in [0.05, 0.1) is 23.9 Å². The zero-order valence-corrected chi connectivity index (χ0v) is 14.9. The lowest BCUT2D eigenvalue weighted by Gasteiger charge is -2.27. The van der Waals surface area contributed by atoms with E-state index in [-0.39, 0.29) is 11.8 Å². The lowest BCUT2D eigenvalue weighted by atomic mass is 10.1. The number of rotatable bonds is 3. The standard InChI is InChI=1S/C18H17N3O3S/c1-20(18(25-3)19-12-7-6-8-13(11-12)24-2)21-16(22)14-9-4-5-10-15(14)17(21)23/h4-11H,1-3H3. The van der Waals surface area contributed by atoms with E-state index in [1.807, 2.05) is 24.5 Å². The number of thioether (sulfide) groups is 1. The first-order valence-corrected chi connectivity index (χ1v) is 8.77. The largest absolute Gasteiger partial charge is 0.497 e. The maximum atomic E-state index is 12.6. The van der Waals surface area contributed by atoms with Crippen molar-refractivity contribution < 1.29 is 14.3 Å². The lowest BCUT2D eigenvalue weighted by molar-refractivity contribution is 0.0369. The van der Waals surface area contributed by atoms with Gasteiger partial charge in [0.2, 0.25) is 0 Å². The third kappa shape index (κ3) is 3.10. The summed E-state index contributed by atoms with van der Waals surface area (Å²) in [5.74, 6) is -0.0175. The van der Waals surface area contributed by atoms with Gasteiger partial charge in [-0.15, -0.1) is 0 Å². The highest BCUT2D eigenvalue weighted by Gasteiger charge is 2.39. The van der Waals surface area contributed by atoms with Crippen molar-refractivity contribution in [2.24, 2.45) is 4.99 Å². The summed E-state index contributed by atoms with van der Waals surface area (Å²) in [4.78, 5) is 29.7. The molecule has 0 aromatic heterocycles. The topological polar surface area (TPSA) is 62.2 Å². The second-order valence-corrected chi connectivity index (χ2v) is 6.06. The highest BCUT2D eigenvalue weighted by atomic mass is 32.2. The molecule has 2 amide bonds. The van der Waals surface area contributed by atoms with Gasteiger partial charge < -0.3 is 4.74 Å². The fourth-order valence-corrected chi connectivity index (χ4v) is 3.12. The maximum Gasteiger partial charge on any atom is 0.280 e. The van der Waals surface area contributed by atoms with Crippen molar-refractivity contribution >= 4 is 34.4 Å². The van der Waals surface area contributed by atoms with Gasteiger partial charge in [0.1, 0.15) is 5.75 Å². The van der Waals surface area contributed by atoms with Crippen LogP contribution in [0, 0.1) is 0 Å². The van der Waals surface area contributed by atoms with Gasteiger partial charge >= 0.3 is 0 Å². The number of aliphatic imine (C=N–C) groups is 1. The molecule has 0 radical (unpaired) electrons. The summed E-state index contributed by atoms with van der Waals surface area (Å²) in [6.45, 7) is 0. The number of amides is 2. The van der Waals surface area contributed by atoms with Crippen molar-refractivity contribution in [3.8, 4) is 5.75 Å². The molecule has 1 aliphatic rings. The minimum Gasteiger partial charge on any atom is -0.497 e. The molecule has 7 heteroatoms. The summed E-state index contributed by atoms with van der Waals surface area (Å²) < 4.78 is 5.20. The molecule has 1 aliphatic heterocycles. The first-order valence-electron chi connectivity index (χ1n) is 7.55. The Morgan fingerprint density at radius 2 is 1.72 bits per heavy atom. The van der Waals surface area contributed by atoms with Crippen LogP contribution in [0.25, 0.3) is 0 Å². The third-order valence-corrected chi connectivity index (χ3v) is 4.53. The van der Waals surface area contributed by atoms with E-state index in [1.54, 1.807) is 44.5 Å². The fraction of sp³-hybridized carbons (Fsp3) is 0.167. The van der Waals surface area contributed by atoms with Crippen LogP contribution in [0.5, 0.6) is 5.75 Å². The number of fused-ring (bicyclic) bond motifs is 1.